The third-order valence-electron chi connectivity index (χ3n) is 3.15. The molecule has 3 rings (SSSR count). The zero-order valence-electron chi connectivity index (χ0n) is 12.1. The van der Waals surface area contributed by atoms with Crippen molar-refractivity contribution in [3.8, 4) is 22.8 Å². The average molecular weight is 319 g/mol. The minimum Gasteiger partial charge on any atom is -0.406 e. The molecule has 0 N–H and O–H groups in total. The topological polar surface area (TPSA) is 39.9 Å². The van der Waals surface area contributed by atoms with Crippen LogP contribution in [0.25, 0.3) is 17.1 Å². The Balaban J connectivity index is 1.93. The van der Waals surface area contributed by atoms with Gasteiger partial charge in [-0.3, -0.25) is 9.55 Å². The van der Waals surface area contributed by atoms with Crippen molar-refractivity contribution < 1.29 is 17.9 Å². The molecular formula is C16H12F3N3O. The van der Waals surface area contributed by atoms with Crippen LogP contribution in [0.1, 0.15) is 5.69 Å². The summed E-state index contributed by atoms with van der Waals surface area (Å²) in [5, 5.41) is 0. The number of ether oxygens (including phenoxy) is 1. The van der Waals surface area contributed by atoms with E-state index in [1.165, 1.54) is 24.3 Å². The summed E-state index contributed by atoms with van der Waals surface area (Å²) in [4.78, 5) is 8.42. The molecule has 23 heavy (non-hydrogen) atoms. The van der Waals surface area contributed by atoms with Crippen molar-refractivity contribution in [1.29, 1.82) is 0 Å². The molecule has 0 atom stereocenters. The van der Waals surface area contributed by atoms with E-state index < -0.39 is 6.36 Å². The highest BCUT2D eigenvalue weighted by atomic mass is 19.4. The maximum absolute atomic E-state index is 12.2. The second kappa shape index (κ2) is 5.75. The van der Waals surface area contributed by atoms with Gasteiger partial charge in [-0.05, 0) is 43.3 Å². The molecule has 0 saturated carbocycles. The molecule has 0 radical (unpaired) electrons. The Morgan fingerprint density at radius 2 is 1.74 bits per heavy atom. The molecule has 118 valence electrons. The van der Waals surface area contributed by atoms with Crippen molar-refractivity contribution in [2.75, 3.05) is 0 Å². The van der Waals surface area contributed by atoms with Crippen molar-refractivity contribution in [1.82, 2.24) is 14.5 Å². The third-order valence-corrected chi connectivity index (χ3v) is 3.15. The van der Waals surface area contributed by atoms with Gasteiger partial charge in [-0.1, -0.05) is 0 Å². The first-order valence-electron chi connectivity index (χ1n) is 6.75. The van der Waals surface area contributed by atoms with Crippen molar-refractivity contribution in [3.63, 3.8) is 0 Å². The van der Waals surface area contributed by atoms with E-state index in [0.717, 1.165) is 11.4 Å². The van der Waals surface area contributed by atoms with Crippen molar-refractivity contribution in [2.24, 2.45) is 0 Å². The molecule has 0 aliphatic carbocycles. The molecule has 0 aliphatic rings. The molecule has 0 bridgehead atoms. The van der Waals surface area contributed by atoms with Crippen LogP contribution in [0.2, 0.25) is 0 Å². The van der Waals surface area contributed by atoms with E-state index in [9.17, 15) is 13.2 Å². The molecule has 3 aromatic rings. The average Bonchev–Trinajstić information content (AvgIpc) is 2.96. The number of nitrogens with zero attached hydrogens (tertiary/aromatic N) is 3. The molecule has 2 aromatic heterocycles. The number of hydrogen-bond acceptors (Lipinski definition) is 3. The first kappa shape index (κ1) is 15.1. The van der Waals surface area contributed by atoms with Crippen LogP contribution in [0.4, 0.5) is 13.2 Å². The molecule has 1 aromatic carbocycles. The van der Waals surface area contributed by atoms with E-state index in [1.807, 2.05) is 23.6 Å². The summed E-state index contributed by atoms with van der Waals surface area (Å²) < 4.78 is 42.3. The highest BCUT2D eigenvalue weighted by molar-refractivity contribution is 5.59. The van der Waals surface area contributed by atoms with Crippen molar-refractivity contribution in [2.45, 2.75) is 13.3 Å². The van der Waals surface area contributed by atoms with Gasteiger partial charge >= 0.3 is 6.36 Å². The van der Waals surface area contributed by atoms with Crippen molar-refractivity contribution in [3.05, 3.63) is 60.7 Å². The van der Waals surface area contributed by atoms with Gasteiger partial charge in [0, 0.05) is 29.8 Å². The highest BCUT2D eigenvalue weighted by Crippen LogP contribution is 2.27. The second-order valence-electron chi connectivity index (χ2n) is 4.85. The van der Waals surface area contributed by atoms with Gasteiger partial charge in [-0.15, -0.1) is 13.2 Å². The number of pyridine rings is 1. The molecule has 0 amide bonds. The first-order valence-corrected chi connectivity index (χ1v) is 6.75. The zero-order valence-corrected chi connectivity index (χ0v) is 12.1. The third kappa shape index (κ3) is 3.50. The lowest BCUT2D eigenvalue weighted by Crippen LogP contribution is -2.16. The Morgan fingerprint density at radius 1 is 1.00 bits per heavy atom. The smallest absolute Gasteiger partial charge is 0.406 e. The molecule has 0 fully saturated rings. The van der Waals surface area contributed by atoms with E-state index in [2.05, 4.69) is 14.7 Å². The maximum Gasteiger partial charge on any atom is 0.573 e. The Hall–Kier alpha value is -2.83. The first-order chi connectivity index (χ1) is 10.9. The molecule has 4 nitrogen and oxygen atoms in total. The van der Waals surface area contributed by atoms with Crippen LogP contribution in [0, 0.1) is 6.92 Å². The summed E-state index contributed by atoms with van der Waals surface area (Å²) in [7, 11) is 0. The van der Waals surface area contributed by atoms with Gasteiger partial charge in [0.1, 0.15) is 11.6 Å². The minimum atomic E-state index is -4.70. The summed E-state index contributed by atoms with van der Waals surface area (Å²) in [5.74, 6) is 0.355. The highest BCUT2D eigenvalue weighted by Gasteiger charge is 2.31. The number of aromatic nitrogens is 3. The Morgan fingerprint density at radius 3 is 2.39 bits per heavy atom. The molecule has 2 heterocycles. The lowest BCUT2D eigenvalue weighted by Gasteiger charge is -2.11. The molecule has 7 heteroatoms. The fourth-order valence-electron chi connectivity index (χ4n) is 2.21. The van der Waals surface area contributed by atoms with Crippen LogP contribution in [-0.2, 0) is 0 Å². The molecule has 0 saturated heterocycles. The van der Waals surface area contributed by atoms with Gasteiger partial charge in [0.15, 0.2) is 0 Å². The number of benzene rings is 1. The Labute approximate surface area is 130 Å². The van der Waals surface area contributed by atoms with Gasteiger partial charge in [0.2, 0.25) is 0 Å². The van der Waals surface area contributed by atoms with Crippen molar-refractivity contribution >= 4 is 0 Å². The van der Waals surface area contributed by atoms with Gasteiger partial charge in [0.05, 0.1) is 5.69 Å². The standard InChI is InChI=1S/C16H12F3N3O/c1-11-10-13(6-7-20-11)22-9-8-21-15(22)12-2-4-14(5-3-12)23-16(17,18)19/h2-10H,1H3. The number of halogens is 3. The van der Waals surface area contributed by atoms with E-state index >= 15 is 0 Å². The number of imidazole rings is 1. The van der Waals surface area contributed by atoms with Crippen LogP contribution in [-0.4, -0.2) is 20.9 Å². The van der Waals surface area contributed by atoms with E-state index in [-0.39, 0.29) is 5.75 Å². The van der Waals surface area contributed by atoms with Crippen LogP contribution < -0.4 is 4.74 Å². The lowest BCUT2D eigenvalue weighted by atomic mass is 10.2. The van der Waals surface area contributed by atoms with Crippen LogP contribution >= 0.6 is 0 Å². The summed E-state index contributed by atoms with van der Waals surface area (Å²) in [6.07, 6.45) is 0.402. The lowest BCUT2D eigenvalue weighted by molar-refractivity contribution is -0.274. The maximum atomic E-state index is 12.2. The normalized spacial score (nSPS) is 11.5. The number of rotatable bonds is 3. The van der Waals surface area contributed by atoms with Crippen LogP contribution in [0.15, 0.2) is 55.0 Å². The van der Waals surface area contributed by atoms with E-state index in [0.29, 0.717) is 11.4 Å². The minimum absolute atomic E-state index is 0.265. The monoisotopic (exact) mass is 319 g/mol. The molecular weight excluding hydrogens is 307 g/mol. The van der Waals surface area contributed by atoms with Crippen LogP contribution in [0.3, 0.4) is 0 Å². The molecule has 0 aliphatic heterocycles. The Kier molecular flexibility index (Phi) is 3.77. The van der Waals surface area contributed by atoms with E-state index in [1.54, 1.807) is 18.6 Å². The molecule has 0 spiro atoms. The summed E-state index contributed by atoms with van der Waals surface area (Å²) in [5.41, 5.74) is 2.41. The van der Waals surface area contributed by atoms with E-state index in [4.69, 9.17) is 0 Å². The SMILES string of the molecule is Cc1cc(-n2ccnc2-c2ccc(OC(F)(F)F)cc2)ccn1. The summed E-state index contributed by atoms with van der Waals surface area (Å²) in [6.45, 7) is 1.88. The predicted molar refractivity (Wildman–Crippen MR) is 78.2 cm³/mol. The summed E-state index contributed by atoms with van der Waals surface area (Å²) >= 11 is 0. The fraction of sp³-hybridized carbons (Fsp3) is 0.125. The van der Waals surface area contributed by atoms with Gasteiger partial charge in [-0.2, -0.15) is 0 Å². The zero-order chi connectivity index (χ0) is 16.4. The number of hydrogen-bond donors (Lipinski definition) is 0. The van der Waals surface area contributed by atoms with Gasteiger partial charge < -0.3 is 4.74 Å². The van der Waals surface area contributed by atoms with Gasteiger partial charge in [0.25, 0.3) is 0 Å². The van der Waals surface area contributed by atoms with Crippen LogP contribution in [0.5, 0.6) is 5.75 Å². The largest absolute Gasteiger partial charge is 0.573 e. The summed E-state index contributed by atoms with van der Waals surface area (Å²) in [6, 6.07) is 9.33. The fourth-order valence-corrected chi connectivity index (χ4v) is 2.21. The second-order valence-corrected chi connectivity index (χ2v) is 4.85. The molecule has 0 unspecified atom stereocenters. The number of alkyl halides is 3. The van der Waals surface area contributed by atoms with Gasteiger partial charge in [-0.25, -0.2) is 4.98 Å². The predicted octanol–water partition coefficient (Wildman–Crippen LogP) is 4.14. The Bertz CT molecular complexity index is 810. The quantitative estimate of drug-likeness (QED) is 0.728. The number of aryl methyl sites for hydroxylation is 1.